The monoisotopic (exact) mass is 356 g/mol. The molecule has 0 aliphatic heterocycles. The van der Waals surface area contributed by atoms with E-state index in [9.17, 15) is 19.8 Å². The Morgan fingerprint density at radius 1 is 0.955 bits per heavy atom. The molecule has 0 radical (unpaired) electrons. The first-order chi connectivity index (χ1) is 9.29. The zero-order chi connectivity index (χ0) is 16.0. The average molecular weight is 357 g/mol. The number of aliphatic carboxylic acids is 2. The molecule has 0 bridgehead atoms. The van der Waals surface area contributed by atoms with Gasteiger partial charge in [-0.3, -0.25) is 0 Å². The van der Waals surface area contributed by atoms with Crippen LogP contribution in [-0.2, 0) is 9.59 Å². The molecule has 0 N–H and O–H groups in total. The molecule has 22 heavy (non-hydrogen) atoms. The van der Waals surface area contributed by atoms with Crippen LogP contribution in [0.4, 0.5) is 0 Å². The van der Waals surface area contributed by atoms with Crippen molar-refractivity contribution < 1.29 is 123 Å². The van der Waals surface area contributed by atoms with Gasteiger partial charge in [-0.2, -0.15) is 0 Å². The van der Waals surface area contributed by atoms with Gasteiger partial charge in [-0.05, 0) is 0 Å². The predicted octanol–water partition coefficient (Wildman–Crippen LogP) is -4.77. The molecule has 0 aromatic rings. The van der Waals surface area contributed by atoms with Gasteiger partial charge in [-0.25, -0.2) is 0 Å². The molecule has 0 saturated heterocycles. The number of hydrogen-bond acceptors (Lipinski definition) is 4. The number of carbonyl (C=O) groups is 2. The van der Waals surface area contributed by atoms with Gasteiger partial charge in [0.15, 0.2) is 0 Å². The number of rotatable bonds is 10. The summed E-state index contributed by atoms with van der Waals surface area (Å²) in [6, 6.07) is 0. The van der Waals surface area contributed by atoms with Crippen molar-refractivity contribution in [3.8, 4) is 0 Å². The summed E-state index contributed by atoms with van der Waals surface area (Å²) in [7, 11) is 0. The normalized spacial score (nSPS) is 10.6. The van der Waals surface area contributed by atoms with E-state index in [1.807, 2.05) is 0 Å². The van der Waals surface area contributed by atoms with Gasteiger partial charge in [0.05, 0.1) is 0 Å². The fourth-order valence-electron chi connectivity index (χ4n) is 2.14. The standard InChI is InChI=1S/C12H25.C3H4O4.2K.Li/c1-4-5-6-7-8-9-10-11-12(2)3;4-2(5)1-3(6)7;;;/h10,12H,4-9,11H2,1-3H3;1H2,(H,4,5)(H,6,7);;;/q;;2*+1;/p-2. The second-order valence-electron chi connectivity index (χ2n) is 5.86. The van der Waals surface area contributed by atoms with Crippen molar-refractivity contribution in [2.24, 2.45) is 5.92 Å². The zero-order valence-electron chi connectivity index (χ0n) is 15.4. The zero-order valence-corrected chi connectivity index (χ0v) is 21.7. The average Bonchev–Trinajstić information content (AvgIpc) is 2.26. The molecule has 0 rings (SSSR count). The van der Waals surface area contributed by atoms with Crippen LogP contribution in [-0.4, -0.2) is 29.7 Å². The molecule has 0 aliphatic carbocycles. The molecule has 0 aliphatic rings. The van der Waals surface area contributed by atoms with Crippen LogP contribution < -0.4 is 113 Å². The first-order valence-electron chi connectivity index (χ1n) is 7.69. The molecule has 0 heterocycles. The molecule has 0 saturated carbocycles. The first kappa shape index (κ1) is 32.5. The molecule has 4 nitrogen and oxygen atoms in total. The Bertz CT molecular complexity index is 252. The summed E-state index contributed by atoms with van der Waals surface area (Å²) in [5, 5.41) is 18.6. The third-order valence-electron chi connectivity index (χ3n) is 2.96. The van der Waals surface area contributed by atoms with E-state index < -0.39 is 18.4 Å². The van der Waals surface area contributed by atoms with E-state index in [1.165, 1.54) is 44.9 Å². The number of carboxylic acids is 2. The van der Waals surface area contributed by atoms with Crippen LogP contribution in [0.2, 0.25) is 4.59 Å². The third kappa shape index (κ3) is 34.2. The molecule has 114 valence electrons. The molecule has 0 aromatic carbocycles. The van der Waals surface area contributed by atoms with E-state index in [0.717, 1.165) is 10.5 Å². The second kappa shape index (κ2) is 23.8. The summed E-state index contributed by atoms with van der Waals surface area (Å²) in [6.45, 7) is 6.93. The summed E-state index contributed by atoms with van der Waals surface area (Å²) in [4.78, 5) is 18.6. The first-order valence-corrected chi connectivity index (χ1v) is 7.69. The van der Waals surface area contributed by atoms with Gasteiger partial charge in [0.25, 0.3) is 0 Å². The molecule has 1 unspecified atom stereocenters. The summed E-state index contributed by atoms with van der Waals surface area (Å²) in [5.74, 6) is -2.37. The van der Waals surface area contributed by atoms with Gasteiger partial charge in [-0.15, -0.1) is 0 Å². The minimum atomic E-state index is -1.63. The Kier molecular flexibility index (Phi) is 35.2. The fourth-order valence-corrected chi connectivity index (χ4v) is 2.14. The maximum atomic E-state index is 9.28. The van der Waals surface area contributed by atoms with Crippen molar-refractivity contribution in [1.82, 2.24) is 0 Å². The third-order valence-corrected chi connectivity index (χ3v) is 2.96. The Hall–Kier alpha value is 2.81. The van der Waals surface area contributed by atoms with Crippen LogP contribution in [0, 0.1) is 5.92 Å². The maximum absolute atomic E-state index is 9.28. The predicted molar refractivity (Wildman–Crippen MR) is 77.0 cm³/mol. The Labute approximate surface area is 230 Å². The summed E-state index contributed by atoms with van der Waals surface area (Å²) >= 11 is 2.40. The minimum absolute atomic E-state index is 0. The van der Waals surface area contributed by atoms with Crippen LogP contribution in [0.1, 0.15) is 72.1 Å². The SMILES string of the molecule is O=C([O-])CC(=O)[O-].[K+].[K+].[Li][CH](CCCCCCC)CC(C)C. The van der Waals surface area contributed by atoms with Crippen molar-refractivity contribution in [3.05, 3.63) is 0 Å². The van der Waals surface area contributed by atoms with E-state index in [2.05, 4.69) is 38.5 Å². The van der Waals surface area contributed by atoms with Crippen molar-refractivity contribution in [2.75, 3.05) is 0 Å². The molecule has 0 aromatic heterocycles. The number of carbonyl (C=O) groups excluding carboxylic acids is 2. The van der Waals surface area contributed by atoms with Crippen LogP contribution >= 0.6 is 0 Å². The van der Waals surface area contributed by atoms with E-state index in [-0.39, 0.29) is 103 Å². The Morgan fingerprint density at radius 2 is 1.41 bits per heavy atom. The summed E-state index contributed by atoms with van der Waals surface area (Å²) in [5.41, 5.74) is 0. The molecular formula is C15H27K2LiO4. The van der Waals surface area contributed by atoms with Gasteiger partial charge in [0, 0.05) is 18.4 Å². The van der Waals surface area contributed by atoms with Crippen molar-refractivity contribution in [2.45, 2.75) is 76.7 Å². The van der Waals surface area contributed by atoms with Crippen LogP contribution in [0.25, 0.3) is 0 Å². The topological polar surface area (TPSA) is 80.3 Å². The summed E-state index contributed by atoms with van der Waals surface area (Å²) < 4.78 is 0.946. The van der Waals surface area contributed by atoms with E-state index in [4.69, 9.17) is 0 Å². The van der Waals surface area contributed by atoms with Gasteiger partial charge >= 0.3 is 197 Å². The quantitative estimate of drug-likeness (QED) is 0.224. The number of unbranched alkanes of at least 4 members (excludes halogenated alkanes) is 4. The Morgan fingerprint density at radius 3 is 1.73 bits per heavy atom. The number of carboxylic acid groups (broad SMARTS) is 2. The molecular weight excluding hydrogens is 329 g/mol. The van der Waals surface area contributed by atoms with Gasteiger partial charge in [0.2, 0.25) is 0 Å². The Balaban J connectivity index is -0.000000156. The van der Waals surface area contributed by atoms with E-state index >= 15 is 0 Å². The number of hydrogen-bond donors (Lipinski definition) is 0. The van der Waals surface area contributed by atoms with Crippen molar-refractivity contribution in [1.29, 1.82) is 0 Å². The van der Waals surface area contributed by atoms with E-state index in [1.54, 1.807) is 0 Å². The van der Waals surface area contributed by atoms with Crippen LogP contribution in [0.3, 0.4) is 0 Å². The van der Waals surface area contributed by atoms with Crippen molar-refractivity contribution >= 4 is 29.7 Å². The molecule has 0 fully saturated rings. The fraction of sp³-hybridized carbons (Fsp3) is 0.867. The molecule has 0 amide bonds. The van der Waals surface area contributed by atoms with Gasteiger partial charge in [-0.1, -0.05) is 0 Å². The summed E-state index contributed by atoms with van der Waals surface area (Å²) in [6.07, 6.45) is 8.98. The molecule has 0 spiro atoms. The molecule has 1 atom stereocenters. The van der Waals surface area contributed by atoms with Crippen molar-refractivity contribution in [3.63, 3.8) is 0 Å². The van der Waals surface area contributed by atoms with E-state index in [0.29, 0.717) is 0 Å². The second-order valence-corrected chi connectivity index (χ2v) is 5.86. The molecule has 7 heteroatoms. The van der Waals surface area contributed by atoms with Gasteiger partial charge < -0.3 is 19.8 Å². The van der Waals surface area contributed by atoms with Crippen LogP contribution in [0.15, 0.2) is 0 Å². The van der Waals surface area contributed by atoms with Crippen LogP contribution in [0.5, 0.6) is 0 Å². The van der Waals surface area contributed by atoms with Gasteiger partial charge in [0.1, 0.15) is 0 Å².